The van der Waals surface area contributed by atoms with E-state index in [0.717, 1.165) is 11.1 Å². The average Bonchev–Trinajstić information content (AvgIpc) is 3.45. The molecule has 1 fully saturated rings. The van der Waals surface area contributed by atoms with Gasteiger partial charge in [-0.25, -0.2) is 9.59 Å². The number of rotatable bonds is 9. The summed E-state index contributed by atoms with van der Waals surface area (Å²) in [5, 5.41) is 15.2. The minimum atomic E-state index is -1.45. The van der Waals surface area contributed by atoms with E-state index in [-0.39, 0.29) is 43.4 Å². The van der Waals surface area contributed by atoms with Gasteiger partial charge in [-0.3, -0.25) is 4.79 Å². The number of benzene rings is 2. The highest BCUT2D eigenvalue weighted by Crippen LogP contribution is 2.44. The summed E-state index contributed by atoms with van der Waals surface area (Å²) in [6, 6.07) is 16.1. The number of carbonyl (C=O) groups excluding carboxylic acids is 2. The Morgan fingerprint density at radius 2 is 1.66 bits per heavy atom. The number of nitrogens with one attached hydrogen (secondary N) is 2. The Morgan fingerprint density at radius 3 is 2.23 bits per heavy atom. The van der Waals surface area contributed by atoms with Crippen LogP contribution in [0.5, 0.6) is 0 Å². The number of fused-ring (bicyclic) bond motifs is 3. The first-order valence-corrected chi connectivity index (χ1v) is 12.0. The molecule has 2 amide bonds. The molecule has 0 aromatic heterocycles. The van der Waals surface area contributed by atoms with Crippen molar-refractivity contribution in [3.63, 3.8) is 0 Å². The van der Waals surface area contributed by atoms with Crippen molar-refractivity contribution in [2.45, 2.75) is 50.1 Å². The van der Waals surface area contributed by atoms with E-state index in [1.807, 2.05) is 24.3 Å². The van der Waals surface area contributed by atoms with E-state index in [9.17, 15) is 19.5 Å². The number of alkyl carbamates (subject to hydrolysis) is 1. The summed E-state index contributed by atoms with van der Waals surface area (Å²) in [6.07, 6.45) is 1.31. The van der Waals surface area contributed by atoms with E-state index in [4.69, 9.17) is 9.47 Å². The molecule has 8 nitrogen and oxygen atoms in total. The normalized spacial score (nSPS) is 20.4. The quantitative estimate of drug-likeness (QED) is 0.504. The number of aliphatic carboxylic acids is 1. The summed E-state index contributed by atoms with van der Waals surface area (Å²) >= 11 is 0. The lowest BCUT2D eigenvalue weighted by Gasteiger charge is -2.29. The summed E-state index contributed by atoms with van der Waals surface area (Å²) in [5.74, 6) is -1.85. The molecule has 8 heteroatoms. The van der Waals surface area contributed by atoms with Gasteiger partial charge in [-0.05, 0) is 47.9 Å². The zero-order valence-electron chi connectivity index (χ0n) is 20.1. The van der Waals surface area contributed by atoms with Crippen LogP contribution in [0.1, 0.15) is 49.7 Å². The van der Waals surface area contributed by atoms with Crippen LogP contribution < -0.4 is 10.6 Å². The minimum absolute atomic E-state index is 0.0192. The third-order valence-corrected chi connectivity index (χ3v) is 7.24. The van der Waals surface area contributed by atoms with Gasteiger partial charge < -0.3 is 25.2 Å². The summed E-state index contributed by atoms with van der Waals surface area (Å²) < 4.78 is 10.7. The molecule has 0 spiro atoms. The van der Waals surface area contributed by atoms with Gasteiger partial charge in [0.1, 0.15) is 6.61 Å². The largest absolute Gasteiger partial charge is 0.479 e. The summed E-state index contributed by atoms with van der Waals surface area (Å²) in [7, 11) is 1.41. The Labute approximate surface area is 205 Å². The molecule has 2 aliphatic carbocycles. The fraction of sp³-hybridized carbons (Fsp3) is 0.444. The fourth-order valence-corrected chi connectivity index (χ4v) is 5.23. The van der Waals surface area contributed by atoms with Crippen molar-refractivity contribution in [1.29, 1.82) is 0 Å². The van der Waals surface area contributed by atoms with Gasteiger partial charge in [0.15, 0.2) is 5.54 Å². The first-order valence-electron chi connectivity index (χ1n) is 12.0. The van der Waals surface area contributed by atoms with Crippen LogP contribution in [0.2, 0.25) is 0 Å². The van der Waals surface area contributed by atoms with Crippen LogP contribution in [-0.4, -0.2) is 55.0 Å². The van der Waals surface area contributed by atoms with Crippen molar-refractivity contribution in [3.05, 3.63) is 59.7 Å². The van der Waals surface area contributed by atoms with Crippen molar-refractivity contribution in [3.8, 4) is 11.1 Å². The number of carbonyl (C=O) groups is 3. The van der Waals surface area contributed by atoms with E-state index in [2.05, 4.69) is 34.9 Å². The van der Waals surface area contributed by atoms with Crippen LogP contribution >= 0.6 is 0 Å². The number of hydrogen-bond acceptors (Lipinski definition) is 5. The smallest absolute Gasteiger partial charge is 0.407 e. The Bertz CT molecular complexity index is 1060. The molecule has 2 aromatic rings. The van der Waals surface area contributed by atoms with Gasteiger partial charge in [-0.2, -0.15) is 0 Å². The molecule has 1 saturated carbocycles. The zero-order chi connectivity index (χ0) is 25.0. The van der Waals surface area contributed by atoms with Crippen LogP contribution in [0.25, 0.3) is 11.1 Å². The van der Waals surface area contributed by atoms with Crippen molar-refractivity contribution in [2.75, 3.05) is 20.3 Å². The van der Waals surface area contributed by atoms with E-state index >= 15 is 0 Å². The molecule has 0 bridgehead atoms. The summed E-state index contributed by atoms with van der Waals surface area (Å²) in [4.78, 5) is 37.1. The summed E-state index contributed by atoms with van der Waals surface area (Å²) in [5.41, 5.74) is 3.17. The summed E-state index contributed by atoms with van der Waals surface area (Å²) in [6.45, 7) is 1.81. The number of amides is 2. The Balaban J connectivity index is 1.31. The van der Waals surface area contributed by atoms with Crippen LogP contribution in [0, 0.1) is 5.92 Å². The lowest BCUT2D eigenvalue weighted by Crippen LogP contribution is -2.58. The lowest BCUT2D eigenvalue weighted by atomic mass is 9.95. The van der Waals surface area contributed by atoms with Crippen LogP contribution in [0.3, 0.4) is 0 Å². The van der Waals surface area contributed by atoms with Gasteiger partial charge in [0, 0.05) is 25.0 Å². The molecule has 3 N–H and O–H groups in total. The van der Waals surface area contributed by atoms with Crippen molar-refractivity contribution in [2.24, 2.45) is 5.92 Å². The molecule has 0 radical (unpaired) electrons. The molecular formula is C27H32N2O6. The number of ether oxygens (including phenoxy) is 2. The Morgan fingerprint density at radius 1 is 1.03 bits per heavy atom. The van der Waals surface area contributed by atoms with Crippen LogP contribution in [0.4, 0.5) is 4.79 Å². The van der Waals surface area contributed by atoms with Crippen LogP contribution in [0.15, 0.2) is 48.5 Å². The van der Waals surface area contributed by atoms with Crippen molar-refractivity contribution in [1.82, 2.24) is 10.6 Å². The van der Waals surface area contributed by atoms with E-state index in [1.54, 1.807) is 6.92 Å². The van der Waals surface area contributed by atoms with Crippen molar-refractivity contribution < 1.29 is 29.0 Å². The molecule has 35 heavy (non-hydrogen) atoms. The SMILES string of the molecule is CCC(COC)(NC(=O)[C@@H]1CC[C@H](NC(=O)OCC2c3ccccc3-c3ccccc32)C1)C(=O)O. The molecule has 2 aliphatic rings. The minimum Gasteiger partial charge on any atom is -0.479 e. The lowest BCUT2D eigenvalue weighted by molar-refractivity contribution is -0.151. The molecule has 0 saturated heterocycles. The molecule has 2 aromatic carbocycles. The molecule has 0 aliphatic heterocycles. The highest BCUT2D eigenvalue weighted by molar-refractivity contribution is 5.88. The molecule has 1 unspecified atom stereocenters. The molecule has 186 valence electrons. The van der Waals surface area contributed by atoms with Gasteiger partial charge in [0.05, 0.1) is 6.61 Å². The predicted molar refractivity (Wildman–Crippen MR) is 130 cm³/mol. The van der Waals surface area contributed by atoms with Gasteiger partial charge in [0.2, 0.25) is 5.91 Å². The van der Waals surface area contributed by atoms with E-state index in [0.29, 0.717) is 19.3 Å². The van der Waals surface area contributed by atoms with E-state index < -0.39 is 17.6 Å². The third-order valence-electron chi connectivity index (χ3n) is 7.24. The standard InChI is InChI=1S/C27H32N2O6/c1-3-27(16-34-2,25(31)32)29-24(30)17-12-13-18(14-17)28-26(33)35-15-23-21-10-6-4-8-19(21)20-9-5-7-11-22(20)23/h4-11,17-18,23H,3,12-16H2,1-2H3,(H,28,33)(H,29,30)(H,31,32)/t17-,18+,27?/m1/s1. The molecule has 4 rings (SSSR count). The highest BCUT2D eigenvalue weighted by Gasteiger charge is 2.41. The Kier molecular flexibility index (Phi) is 7.40. The van der Waals surface area contributed by atoms with Crippen molar-refractivity contribution >= 4 is 18.0 Å². The van der Waals surface area contributed by atoms with E-state index in [1.165, 1.54) is 18.2 Å². The fourth-order valence-electron chi connectivity index (χ4n) is 5.23. The topological polar surface area (TPSA) is 114 Å². The second-order valence-electron chi connectivity index (χ2n) is 9.34. The number of methoxy groups -OCH3 is 1. The zero-order valence-corrected chi connectivity index (χ0v) is 20.1. The monoisotopic (exact) mass is 480 g/mol. The third kappa shape index (κ3) is 5.03. The first-order chi connectivity index (χ1) is 16.9. The maximum Gasteiger partial charge on any atom is 0.407 e. The second kappa shape index (κ2) is 10.5. The number of carboxylic acids is 1. The Hall–Kier alpha value is -3.39. The first kappa shape index (κ1) is 24.7. The van der Waals surface area contributed by atoms with Gasteiger partial charge in [-0.15, -0.1) is 0 Å². The maximum absolute atomic E-state index is 12.8. The molecule has 3 atom stereocenters. The van der Waals surface area contributed by atoms with Crippen LogP contribution in [-0.2, 0) is 19.1 Å². The highest BCUT2D eigenvalue weighted by atomic mass is 16.5. The average molecular weight is 481 g/mol. The predicted octanol–water partition coefficient (Wildman–Crippen LogP) is 3.69. The maximum atomic E-state index is 12.8. The van der Waals surface area contributed by atoms with Gasteiger partial charge in [0.25, 0.3) is 0 Å². The molecular weight excluding hydrogens is 448 g/mol. The number of carboxylic acid groups (broad SMARTS) is 1. The number of hydrogen-bond donors (Lipinski definition) is 3. The second-order valence-corrected chi connectivity index (χ2v) is 9.34. The molecule has 0 heterocycles. The van der Waals surface area contributed by atoms with Gasteiger partial charge in [-0.1, -0.05) is 55.5 Å². The van der Waals surface area contributed by atoms with Gasteiger partial charge >= 0.3 is 12.1 Å².